The lowest BCUT2D eigenvalue weighted by molar-refractivity contribution is 0.0495. The number of ether oxygens (including phenoxy) is 2. The van der Waals surface area contributed by atoms with Crippen molar-refractivity contribution in [2.45, 2.75) is 38.8 Å². The van der Waals surface area contributed by atoms with Gasteiger partial charge < -0.3 is 19.5 Å². The summed E-state index contributed by atoms with van der Waals surface area (Å²) in [6, 6.07) is 11.1. The van der Waals surface area contributed by atoms with Crippen molar-refractivity contribution in [3.8, 4) is 22.8 Å². The molecule has 2 aromatic carbocycles. The molecule has 1 saturated heterocycles. The third kappa shape index (κ3) is 3.86. The normalized spacial score (nSPS) is 19.5. The largest absolute Gasteiger partial charge is 0.507 e. The highest BCUT2D eigenvalue weighted by molar-refractivity contribution is 6.00. The summed E-state index contributed by atoms with van der Waals surface area (Å²) in [4.78, 5) is 15.4. The molecule has 34 heavy (non-hydrogen) atoms. The van der Waals surface area contributed by atoms with Crippen molar-refractivity contribution in [1.29, 1.82) is 0 Å². The second-order valence-corrected chi connectivity index (χ2v) is 9.00. The minimum Gasteiger partial charge on any atom is -0.507 e. The SMILES string of the molecule is C=CCOc1cccc(C2c3c(-c4c(C)cc(C)cc4O)n[nH]c3C(=O)N2CC2CCCO2)c1. The maximum atomic E-state index is 13.6. The molecule has 2 aliphatic heterocycles. The first-order chi connectivity index (χ1) is 16.5. The fraction of sp³-hybridized carbons (Fsp3) is 0.333. The van der Waals surface area contributed by atoms with Gasteiger partial charge >= 0.3 is 0 Å². The van der Waals surface area contributed by atoms with Crippen molar-refractivity contribution in [3.05, 3.63) is 77.0 Å². The van der Waals surface area contributed by atoms with Crippen LogP contribution in [0.4, 0.5) is 0 Å². The molecule has 1 fully saturated rings. The number of phenols is 1. The lowest BCUT2D eigenvalue weighted by atomic mass is 9.93. The predicted octanol–water partition coefficient (Wildman–Crippen LogP) is 4.69. The number of hydrogen-bond donors (Lipinski definition) is 2. The molecule has 0 aliphatic carbocycles. The zero-order chi connectivity index (χ0) is 23.8. The quantitative estimate of drug-likeness (QED) is 0.501. The number of carbonyl (C=O) groups excluding carboxylic acids is 1. The number of aromatic hydroxyl groups is 1. The molecule has 3 aromatic rings. The minimum atomic E-state index is -0.382. The number of nitrogens with one attached hydrogen (secondary N) is 1. The van der Waals surface area contributed by atoms with Crippen molar-refractivity contribution >= 4 is 5.91 Å². The van der Waals surface area contributed by atoms with Crippen molar-refractivity contribution in [2.24, 2.45) is 0 Å². The molecule has 0 radical (unpaired) electrons. The molecular weight excluding hydrogens is 430 g/mol. The molecule has 2 aliphatic rings. The van der Waals surface area contributed by atoms with Gasteiger partial charge in [0.15, 0.2) is 0 Å². The minimum absolute atomic E-state index is 0.00146. The van der Waals surface area contributed by atoms with Crippen LogP contribution < -0.4 is 4.74 Å². The number of rotatable bonds is 7. The first-order valence-corrected chi connectivity index (χ1v) is 11.6. The van der Waals surface area contributed by atoms with Gasteiger partial charge in [-0.3, -0.25) is 9.89 Å². The van der Waals surface area contributed by atoms with E-state index in [2.05, 4.69) is 16.8 Å². The molecule has 7 nitrogen and oxygen atoms in total. The molecule has 2 N–H and O–H groups in total. The molecule has 176 valence electrons. The van der Waals surface area contributed by atoms with Crippen LogP contribution in [0.3, 0.4) is 0 Å². The van der Waals surface area contributed by atoms with Crippen LogP contribution in [0.25, 0.3) is 11.3 Å². The highest BCUT2D eigenvalue weighted by Gasteiger charge is 2.44. The Kier molecular flexibility index (Phi) is 5.87. The van der Waals surface area contributed by atoms with Gasteiger partial charge in [0.05, 0.1) is 12.1 Å². The standard InChI is InChI=1S/C27H29N3O4/c1-4-10-33-19-8-5-7-18(14-19)26-23-24(22-17(3)12-16(2)13-21(22)31)28-29-25(23)27(32)30(26)15-20-9-6-11-34-20/h4-5,7-8,12-14,20,26,31H,1,6,9-11,15H2,2-3H3,(H,28,29). The maximum absolute atomic E-state index is 13.6. The Morgan fingerprint density at radius 3 is 2.91 bits per heavy atom. The van der Waals surface area contributed by atoms with Crippen molar-refractivity contribution in [2.75, 3.05) is 19.8 Å². The number of phenolic OH excluding ortho intramolecular Hbond substituents is 1. The summed E-state index contributed by atoms with van der Waals surface area (Å²) in [6.07, 6.45) is 3.62. The zero-order valence-corrected chi connectivity index (χ0v) is 19.5. The Morgan fingerprint density at radius 1 is 1.32 bits per heavy atom. The molecule has 2 atom stereocenters. The summed E-state index contributed by atoms with van der Waals surface area (Å²) in [7, 11) is 0. The first-order valence-electron chi connectivity index (χ1n) is 11.6. The molecule has 1 amide bonds. The van der Waals surface area contributed by atoms with Crippen LogP contribution in [0.15, 0.2) is 49.1 Å². The summed E-state index contributed by atoms with van der Waals surface area (Å²) >= 11 is 0. The smallest absolute Gasteiger partial charge is 0.273 e. The fourth-order valence-electron chi connectivity index (χ4n) is 5.11. The number of aromatic amines is 1. The highest BCUT2D eigenvalue weighted by atomic mass is 16.5. The van der Waals surface area contributed by atoms with Gasteiger partial charge in [0.1, 0.15) is 29.5 Å². The maximum Gasteiger partial charge on any atom is 0.273 e. The van der Waals surface area contributed by atoms with E-state index in [4.69, 9.17) is 9.47 Å². The van der Waals surface area contributed by atoms with Crippen LogP contribution in [0.1, 0.15) is 51.6 Å². The number of fused-ring (bicyclic) bond motifs is 1. The molecule has 7 heteroatoms. The topological polar surface area (TPSA) is 87.7 Å². The number of benzene rings is 2. The number of amides is 1. The van der Waals surface area contributed by atoms with Crippen molar-refractivity contribution < 1.29 is 19.4 Å². The Hall–Kier alpha value is -3.58. The van der Waals surface area contributed by atoms with E-state index in [0.29, 0.717) is 35.9 Å². The number of hydrogen-bond acceptors (Lipinski definition) is 5. The number of aryl methyl sites for hydroxylation is 2. The average molecular weight is 460 g/mol. The molecule has 0 bridgehead atoms. The van der Waals surface area contributed by atoms with Gasteiger partial charge in [-0.25, -0.2) is 0 Å². The molecule has 0 saturated carbocycles. The van der Waals surface area contributed by atoms with Crippen LogP contribution in [0.5, 0.6) is 11.5 Å². The van der Waals surface area contributed by atoms with Gasteiger partial charge in [-0.15, -0.1) is 0 Å². The van der Waals surface area contributed by atoms with E-state index < -0.39 is 0 Å². The number of H-pyrrole nitrogens is 1. The molecule has 5 rings (SSSR count). The monoisotopic (exact) mass is 459 g/mol. The molecule has 2 unspecified atom stereocenters. The van der Waals surface area contributed by atoms with Crippen LogP contribution >= 0.6 is 0 Å². The second-order valence-electron chi connectivity index (χ2n) is 9.00. The van der Waals surface area contributed by atoms with Gasteiger partial charge in [0.25, 0.3) is 5.91 Å². The molecule has 0 spiro atoms. The number of aromatic nitrogens is 2. The van der Waals surface area contributed by atoms with E-state index >= 15 is 0 Å². The van der Waals surface area contributed by atoms with E-state index in [-0.39, 0.29) is 23.8 Å². The van der Waals surface area contributed by atoms with E-state index in [0.717, 1.165) is 41.7 Å². The lowest BCUT2D eigenvalue weighted by Gasteiger charge is -2.29. The molecular formula is C27H29N3O4. The van der Waals surface area contributed by atoms with E-state index in [1.807, 2.05) is 49.1 Å². The second kappa shape index (κ2) is 8.99. The third-order valence-electron chi connectivity index (χ3n) is 6.53. The lowest BCUT2D eigenvalue weighted by Crippen LogP contribution is -2.36. The van der Waals surface area contributed by atoms with Gasteiger partial charge in [-0.2, -0.15) is 5.10 Å². The summed E-state index contributed by atoms with van der Waals surface area (Å²) < 4.78 is 11.6. The summed E-state index contributed by atoms with van der Waals surface area (Å²) in [5.74, 6) is 0.740. The average Bonchev–Trinajstić information content (AvgIpc) is 3.52. The predicted molar refractivity (Wildman–Crippen MR) is 129 cm³/mol. The molecule has 1 aromatic heterocycles. The van der Waals surface area contributed by atoms with Gasteiger partial charge in [-0.05, 0) is 61.6 Å². The first kappa shape index (κ1) is 22.2. The zero-order valence-electron chi connectivity index (χ0n) is 19.5. The van der Waals surface area contributed by atoms with E-state index in [1.54, 1.807) is 12.1 Å². The third-order valence-corrected chi connectivity index (χ3v) is 6.53. The Bertz CT molecular complexity index is 1220. The number of nitrogens with zero attached hydrogens (tertiary/aromatic N) is 2. The Morgan fingerprint density at radius 2 is 2.18 bits per heavy atom. The van der Waals surface area contributed by atoms with E-state index in [9.17, 15) is 9.90 Å². The van der Waals surface area contributed by atoms with Crippen molar-refractivity contribution in [1.82, 2.24) is 15.1 Å². The van der Waals surface area contributed by atoms with Gasteiger partial charge in [0, 0.05) is 24.3 Å². The Labute approximate surface area is 199 Å². The summed E-state index contributed by atoms with van der Waals surface area (Å²) in [6.45, 7) is 9.21. The fourth-order valence-corrected chi connectivity index (χ4v) is 5.11. The van der Waals surface area contributed by atoms with Crippen LogP contribution in [0.2, 0.25) is 0 Å². The van der Waals surface area contributed by atoms with Crippen LogP contribution in [-0.4, -0.2) is 52.0 Å². The summed E-state index contributed by atoms with van der Waals surface area (Å²) in [5, 5.41) is 18.3. The Balaban J connectivity index is 1.64. The summed E-state index contributed by atoms with van der Waals surface area (Å²) in [5.41, 5.74) is 5.23. The van der Waals surface area contributed by atoms with Crippen LogP contribution in [-0.2, 0) is 4.74 Å². The van der Waals surface area contributed by atoms with Crippen LogP contribution in [0, 0.1) is 13.8 Å². The van der Waals surface area contributed by atoms with E-state index in [1.165, 1.54) is 0 Å². The molecule has 3 heterocycles. The van der Waals surface area contributed by atoms with Gasteiger partial charge in [-0.1, -0.05) is 30.9 Å². The van der Waals surface area contributed by atoms with Gasteiger partial charge in [0.2, 0.25) is 0 Å². The number of carbonyl (C=O) groups is 1. The highest BCUT2D eigenvalue weighted by Crippen LogP contribution is 2.46. The van der Waals surface area contributed by atoms with Crippen molar-refractivity contribution in [3.63, 3.8) is 0 Å².